The van der Waals surface area contributed by atoms with Crippen LogP contribution in [0.2, 0.25) is 13.1 Å². The van der Waals surface area contributed by atoms with Gasteiger partial charge in [-0.1, -0.05) is 36.4 Å². The molecule has 0 radical (unpaired) electrons. The highest BCUT2D eigenvalue weighted by molar-refractivity contribution is 6.84. The zero-order valence-corrected chi connectivity index (χ0v) is 10.2. The summed E-state index contributed by atoms with van der Waals surface area (Å²) in [4.78, 5) is 0. The Labute approximate surface area is 87.5 Å². The van der Waals surface area contributed by atoms with Gasteiger partial charge in [-0.15, -0.1) is 6.58 Å². The van der Waals surface area contributed by atoms with E-state index in [-0.39, 0.29) is 6.10 Å². The Balaban J connectivity index is 2.80. The fourth-order valence-electron chi connectivity index (χ4n) is 1.42. The molecule has 0 fully saturated rings. The molecule has 1 atom stereocenters. The summed E-state index contributed by atoms with van der Waals surface area (Å²) >= 11 is 0. The largest absolute Gasteiger partial charge is 0.407 e. The predicted molar refractivity (Wildman–Crippen MR) is 64.3 cm³/mol. The Hall–Kier alpha value is -0.863. The van der Waals surface area contributed by atoms with Gasteiger partial charge in [0.1, 0.15) is 0 Å². The van der Waals surface area contributed by atoms with Crippen LogP contribution in [0.1, 0.15) is 6.92 Å². The first kappa shape index (κ1) is 11.2. The third-order valence-electron chi connectivity index (χ3n) is 2.28. The molecule has 0 unspecified atom stereocenters. The fourth-order valence-corrected chi connectivity index (χ4v) is 3.58. The zero-order valence-electron chi connectivity index (χ0n) is 9.16. The summed E-state index contributed by atoms with van der Waals surface area (Å²) in [7, 11) is -1.73. The van der Waals surface area contributed by atoms with E-state index in [9.17, 15) is 0 Å². The lowest BCUT2D eigenvalue weighted by Gasteiger charge is -2.26. The van der Waals surface area contributed by atoms with Crippen LogP contribution in [0.4, 0.5) is 0 Å². The van der Waals surface area contributed by atoms with E-state index >= 15 is 0 Å². The normalized spacial score (nSPS) is 13.6. The second kappa shape index (κ2) is 4.58. The van der Waals surface area contributed by atoms with Crippen molar-refractivity contribution in [3.05, 3.63) is 43.0 Å². The second-order valence-corrected chi connectivity index (χ2v) is 7.77. The molecular weight excluding hydrogens is 188 g/mol. The van der Waals surface area contributed by atoms with E-state index in [0.717, 1.165) is 0 Å². The van der Waals surface area contributed by atoms with Crippen molar-refractivity contribution < 1.29 is 4.43 Å². The molecule has 14 heavy (non-hydrogen) atoms. The lowest BCUT2D eigenvalue weighted by molar-refractivity contribution is 0.267. The lowest BCUT2D eigenvalue weighted by Crippen LogP contribution is -2.46. The molecule has 0 saturated carbocycles. The van der Waals surface area contributed by atoms with Gasteiger partial charge in [0.2, 0.25) is 8.32 Å². The van der Waals surface area contributed by atoms with Gasteiger partial charge in [0.15, 0.2) is 0 Å². The standard InChI is InChI=1S/C12H18OSi/c1-5-11(2)13-14(3,4)12-9-7-6-8-10-12/h5-11H,1H2,2-4H3/t11-/m1/s1. The lowest BCUT2D eigenvalue weighted by atomic mass is 10.4. The maximum atomic E-state index is 5.99. The summed E-state index contributed by atoms with van der Waals surface area (Å²) in [6, 6.07) is 10.4. The first-order valence-corrected chi connectivity index (χ1v) is 7.83. The monoisotopic (exact) mass is 206 g/mol. The molecule has 0 heterocycles. The molecule has 0 aromatic heterocycles. The van der Waals surface area contributed by atoms with Crippen molar-refractivity contribution in [1.29, 1.82) is 0 Å². The molecule has 0 amide bonds. The minimum Gasteiger partial charge on any atom is -0.407 e. The molecule has 1 nitrogen and oxygen atoms in total. The third-order valence-corrected chi connectivity index (χ3v) is 4.97. The molecule has 0 aliphatic rings. The van der Waals surface area contributed by atoms with E-state index in [4.69, 9.17) is 4.43 Å². The average molecular weight is 206 g/mol. The highest BCUT2D eigenvalue weighted by Gasteiger charge is 2.26. The molecular formula is C12H18OSi. The van der Waals surface area contributed by atoms with E-state index in [1.54, 1.807) is 0 Å². The van der Waals surface area contributed by atoms with Crippen LogP contribution in [0.15, 0.2) is 43.0 Å². The van der Waals surface area contributed by atoms with Crippen LogP contribution in [0, 0.1) is 0 Å². The van der Waals surface area contributed by atoms with E-state index in [1.165, 1.54) is 5.19 Å². The Kier molecular flexibility index (Phi) is 3.67. The Bertz CT molecular complexity index is 292. The zero-order chi connectivity index (χ0) is 10.6. The third kappa shape index (κ3) is 2.82. The summed E-state index contributed by atoms with van der Waals surface area (Å²) in [6.45, 7) is 10.2. The van der Waals surface area contributed by atoms with Crippen LogP contribution in [0.25, 0.3) is 0 Å². The van der Waals surface area contributed by atoms with E-state index in [2.05, 4.69) is 43.9 Å². The van der Waals surface area contributed by atoms with Crippen molar-refractivity contribution in [3.63, 3.8) is 0 Å². The summed E-state index contributed by atoms with van der Waals surface area (Å²) in [6.07, 6.45) is 1.98. The molecule has 0 aliphatic carbocycles. The van der Waals surface area contributed by atoms with Crippen LogP contribution >= 0.6 is 0 Å². The second-order valence-electron chi connectivity index (χ2n) is 3.94. The highest BCUT2D eigenvalue weighted by atomic mass is 28.4. The molecule has 0 bridgehead atoms. The van der Waals surface area contributed by atoms with Gasteiger partial charge in [0.05, 0.1) is 6.10 Å². The van der Waals surface area contributed by atoms with Crippen molar-refractivity contribution in [2.45, 2.75) is 26.1 Å². The van der Waals surface area contributed by atoms with Crippen molar-refractivity contribution in [2.75, 3.05) is 0 Å². The summed E-state index contributed by atoms with van der Waals surface area (Å²) in [5.74, 6) is 0. The summed E-state index contributed by atoms with van der Waals surface area (Å²) in [5, 5.41) is 1.33. The van der Waals surface area contributed by atoms with Gasteiger partial charge in [0, 0.05) is 0 Å². The Morgan fingerprint density at radius 3 is 2.36 bits per heavy atom. The quantitative estimate of drug-likeness (QED) is 0.543. The summed E-state index contributed by atoms with van der Waals surface area (Å²) < 4.78 is 5.99. The van der Waals surface area contributed by atoms with Gasteiger partial charge in [-0.25, -0.2) is 0 Å². The van der Waals surface area contributed by atoms with Gasteiger partial charge in [0.25, 0.3) is 0 Å². The minimum atomic E-state index is -1.73. The molecule has 2 heteroatoms. The van der Waals surface area contributed by atoms with Gasteiger partial charge in [-0.05, 0) is 25.2 Å². The maximum absolute atomic E-state index is 5.99. The molecule has 1 rings (SSSR count). The van der Waals surface area contributed by atoms with E-state index < -0.39 is 8.32 Å². The Morgan fingerprint density at radius 1 is 1.29 bits per heavy atom. The molecule has 1 aromatic rings. The number of benzene rings is 1. The molecule has 1 aromatic carbocycles. The maximum Gasteiger partial charge on any atom is 0.218 e. The van der Waals surface area contributed by atoms with Crippen molar-refractivity contribution in [3.8, 4) is 0 Å². The van der Waals surface area contributed by atoms with Crippen molar-refractivity contribution >= 4 is 13.5 Å². The van der Waals surface area contributed by atoms with Crippen LogP contribution in [0.3, 0.4) is 0 Å². The van der Waals surface area contributed by atoms with Crippen LogP contribution in [-0.4, -0.2) is 14.4 Å². The molecule has 0 spiro atoms. The van der Waals surface area contributed by atoms with Crippen molar-refractivity contribution in [1.82, 2.24) is 0 Å². The smallest absolute Gasteiger partial charge is 0.218 e. The average Bonchev–Trinajstić information content (AvgIpc) is 2.18. The van der Waals surface area contributed by atoms with Crippen molar-refractivity contribution in [2.24, 2.45) is 0 Å². The van der Waals surface area contributed by atoms with Gasteiger partial charge < -0.3 is 4.43 Å². The van der Waals surface area contributed by atoms with Crippen LogP contribution in [-0.2, 0) is 4.43 Å². The number of rotatable bonds is 4. The van der Waals surface area contributed by atoms with Gasteiger partial charge in [-0.3, -0.25) is 0 Å². The fraction of sp³-hybridized carbons (Fsp3) is 0.333. The van der Waals surface area contributed by atoms with Gasteiger partial charge in [-0.2, -0.15) is 0 Å². The first-order chi connectivity index (χ1) is 6.56. The molecule has 0 saturated heterocycles. The van der Waals surface area contributed by atoms with E-state index in [1.807, 2.05) is 19.1 Å². The summed E-state index contributed by atoms with van der Waals surface area (Å²) in [5.41, 5.74) is 0. The topological polar surface area (TPSA) is 9.23 Å². The van der Waals surface area contributed by atoms with E-state index in [0.29, 0.717) is 0 Å². The molecule has 76 valence electrons. The van der Waals surface area contributed by atoms with Crippen LogP contribution in [0.5, 0.6) is 0 Å². The first-order valence-electron chi connectivity index (χ1n) is 4.92. The van der Waals surface area contributed by atoms with Gasteiger partial charge >= 0.3 is 0 Å². The SMILES string of the molecule is C=C[C@@H](C)O[Si](C)(C)c1ccccc1. The molecule has 0 N–H and O–H groups in total. The minimum absolute atomic E-state index is 0.136. The van der Waals surface area contributed by atoms with Crippen LogP contribution < -0.4 is 5.19 Å². The highest BCUT2D eigenvalue weighted by Crippen LogP contribution is 2.08. The number of hydrogen-bond donors (Lipinski definition) is 0. The Morgan fingerprint density at radius 2 is 1.86 bits per heavy atom. The number of hydrogen-bond acceptors (Lipinski definition) is 1. The molecule has 0 aliphatic heterocycles. The predicted octanol–water partition coefficient (Wildman–Crippen LogP) is 2.69.